The van der Waals surface area contributed by atoms with Crippen molar-refractivity contribution in [2.24, 2.45) is 5.92 Å². The van der Waals surface area contributed by atoms with Crippen LogP contribution in [0.2, 0.25) is 0 Å². The van der Waals surface area contributed by atoms with Crippen molar-refractivity contribution in [3.05, 3.63) is 29.8 Å². The topological polar surface area (TPSA) is 27.9 Å². The number of rotatable bonds is 6. The number of aliphatic hydroxyl groups is 1. The van der Waals surface area contributed by atoms with Crippen molar-refractivity contribution in [1.29, 1.82) is 0 Å². The lowest BCUT2D eigenvalue weighted by atomic mass is 9.98. The maximum Gasteiger partial charge on any atom is 0.103 e. The first-order chi connectivity index (χ1) is 9.76. The number of hydrogen-bond donors (Lipinski definition) is 2. The smallest absolute Gasteiger partial charge is 0.103 e. The summed E-state index contributed by atoms with van der Waals surface area (Å²) in [4.78, 5) is 3.99. The minimum Gasteiger partial charge on any atom is -0.396 e. The number of piperidine rings is 1. The molecule has 1 aromatic rings. The fourth-order valence-corrected chi connectivity index (χ4v) is 3.27. The van der Waals surface area contributed by atoms with Gasteiger partial charge in [0.2, 0.25) is 0 Å². The minimum atomic E-state index is 0.352. The molecule has 0 spiro atoms. The van der Waals surface area contributed by atoms with Gasteiger partial charge in [-0.15, -0.1) is 0 Å². The summed E-state index contributed by atoms with van der Waals surface area (Å²) in [7, 11) is 0. The lowest BCUT2D eigenvalue weighted by Gasteiger charge is -2.29. The maximum atomic E-state index is 9.31. The van der Waals surface area contributed by atoms with Gasteiger partial charge in [0, 0.05) is 30.3 Å². The predicted octanol–water partition coefficient (Wildman–Crippen LogP) is 1.32. The third-order valence-corrected chi connectivity index (χ3v) is 4.50. The summed E-state index contributed by atoms with van der Waals surface area (Å²) >= 11 is 0. The molecule has 2 atom stereocenters. The quantitative estimate of drug-likeness (QED) is 0.821. The van der Waals surface area contributed by atoms with Gasteiger partial charge in [-0.05, 0) is 38.8 Å². The van der Waals surface area contributed by atoms with Crippen molar-refractivity contribution < 1.29 is 10.0 Å². The minimum absolute atomic E-state index is 0.352. The van der Waals surface area contributed by atoms with Crippen LogP contribution in [-0.4, -0.2) is 37.9 Å². The predicted molar refractivity (Wildman–Crippen MR) is 84.2 cm³/mol. The van der Waals surface area contributed by atoms with Crippen LogP contribution in [0.5, 0.6) is 0 Å². The van der Waals surface area contributed by atoms with E-state index in [0.29, 0.717) is 12.5 Å². The molecular weight excluding hydrogens is 248 g/mol. The SMILES string of the molecule is CCN(CC)c1ccc(C[NH+]2CCC[C@@H](CO)C2)cc1. The molecule has 1 saturated heterocycles. The summed E-state index contributed by atoms with van der Waals surface area (Å²) in [5.41, 5.74) is 2.73. The van der Waals surface area contributed by atoms with E-state index in [1.54, 1.807) is 4.90 Å². The number of nitrogens with zero attached hydrogens (tertiary/aromatic N) is 1. The number of quaternary nitrogens is 1. The molecule has 3 nitrogen and oxygen atoms in total. The molecule has 0 saturated carbocycles. The van der Waals surface area contributed by atoms with Crippen LogP contribution in [0.4, 0.5) is 5.69 Å². The fourth-order valence-electron chi connectivity index (χ4n) is 3.27. The van der Waals surface area contributed by atoms with Crippen LogP contribution in [0.3, 0.4) is 0 Å². The Labute approximate surface area is 123 Å². The van der Waals surface area contributed by atoms with E-state index >= 15 is 0 Å². The van der Waals surface area contributed by atoms with Gasteiger partial charge in [-0.1, -0.05) is 12.1 Å². The highest BCUT2D eigenvalue weighted by Gasteiger charge is 2.22. The highest BCUT2D eigenvalue weighted by molar-refractivity contribution is 5.47. The van der Waals surface area contributed by atoms with E-state index in [2.05, 4.69) is 43.0 Å². The van der Waals surface area contributed by atoms with Gasteiger partial charge < -0.3 is 14.9 Å². The van der Waals surface area contributed by atoms with Gasteiger partial charge in [0.1, 0.15) is 6.54 Å². The molecular formula is C17H29N2O+. The number of anilines is 1. The van der Waals surface area contributed by atoms with Crippen LogP contribution in [0.1, 0.15) is 32.3 Å². The molecule has 0 bridgehead atoms. The fraction of sp³-hybridized carbons (Fsp3) is 0.647. The van der Waals surface area contributed by atoms with Crippen molar-refractivity contribution in [1.82, 2.24) is 0 Å². The molecule has 1 aliphatic rings. The van der Waals surface area contributed by atoms with E-state index < -0.39 is 0 Å². The Bertz CT molecular complexity index is 386. The second kappa shape index (κ2) is 7.65. The molecule has 112 valence electrons. The molecule has 2 N–H and O–H groups in total. The zero-order valence-corrected chi connectivity index (χ0v) is 12.9. The second-order valence-electron chi connectivity index (χ2n) is 5.91. The standard InChI is InChI=1S/C17H28N2O/c1-3-19(4-2)17-9-7-15(8-10-17)12-18-11-5-6-16(13-18)14-20/h7-10,16,20H,3-6,11-14H2,1-2H3/p+1/t16-/m1/s1. The van der Waals surface area contributed by atoms with Crippen LogP contribution in [-0.2, 0) is 6.54 Å². The summed E-state index contributed by atoms with van der Waals surface area (Å²) in [5.74, 6) is 0.508. The van der Waals surface area contributed by atoms with Gasteiger partial charge in [-0.25, -0.2) is 0 Å². The van der Waals surface area contributed by atoms with Crippen molar-refractivity contribution in [3.63, 3.8) is 0 Å². The molecule has 1 fully saturated rings. The van der Waals surface area contributed by atoms with Crippen LogP contribution < -0.4 is 9.80 Å². The van der Waals surface area contributed by atoms with Gasteiger partial charge in [-0.2, -0.15) is 0 Å². The zero-order chi connectivity index (χ0) is 14.4. The molecule has 1 aromatic carbocycles. The van der Waals surface area contributed by atoms with E-state index in [1.807, 2.05) is 0 Å². The number of hydrogen-bond acceptors (Lipinski definition) is 2. The van der Waals surface area contributed by atoms with E-state index in [9.17, 15) is 5.11 Å². The van der Waals surface area contributed by atoms with Gasteiger partial charge >= 0.3 is 0 Å². The third-order valence-electron chi connectivity index (χ3n) is 4.50. The van der Waals surface area contributed by atoms with Crippen LogP contribution >= 0.6 is 0 Å². The maximum absolute atomic E-state index is 9.31. The lowest BCUT2D eigenvalue weighted by molar-refractivity contribution is -0.922. The largest absolute Gasteiger partial charge is 0.396 e. The molecule has 1 aliphatic heterocycles. The van der Waals surface area contributed by atoms with Crippen molar-refractivity contribution in [2.75, 3.05) is 37.7 Å². The second-order valence-corrected chi connectivity index (χ2v) is 5.91. The first kappa shape index (κ1) is 15.3. The van der Waals surface area contributed by atoms with E-state index in [4.69, 9.17) is 0 Å². The lowest BCUT2D eigenvalue weighted by Crippen LogP contribution is -3.12. The first-order valence-corrected chi connectivity index (χ1v) is 8.05. The number of aliphatic hydroxyl groups excluding tert-OH is 1. The van der Waals surface area contributed by atoms with Crippen molar-refractivity contribution >= 4 is 5.69 Å². The van der Waals surface area contributed by atoms with Crippen LogP contribution in [0, 0.1) is 5.92 Å². The zero-order valence-electron chi connectivity index (χ0n) is 12.9. The highest BCUT2D eigenvalue weighted by atomic mass is 16.3. The Morgan fingerprint density at radius 2 is 1.90 bits per heavy atom. The van der Waals surface area contributed by atoms with E-state index in [-0.39, 0.29) is 0 Å². The number of nitrogens with one attached hydrogen (secondary N) is 1. The molecule has 1 heterocycles. The summed E-state index contributed by atoms with van der Waals surface area (Å²) < 4.78 is 0. The summed E-state index contributed by atoms with van der Waals surface area (Å²) in [6, 6.07) is 9.02. The van der Waals surface area contributed by atoms with E-state index in [1.165, 1.54) is 30.6 Å². The number of benzene rings is 1. The van der Waals surface area contributed by atoms with Gasteiger partial charge in [-0.3, -0.25) is 0 Å². The Kier molecular flexibility index (Phi) is 5.86. The molecule has 2 rings (SSSR count). The first-order valence-electron chi connectivity index (χ1n) is 8.05. The third kappa shape index (κ3) is 3.97. The monoisotopic (exact) mass is 277 g/mol. The average molecular weight is 277 g/mol. The molecule has 1 unspecified atom stereocenters. The summed E-state index contributed by atoms with van der Waals surface area (Å²) in [6.07, 6.45) is 2.44. The molecule has 3 heteroatoms. The summed E-state index contributed by atoms with van der Waals surface area (Å²) in [5, 5.41) is 9.31. The van der Waals surface area contributed by atoms with Gasteiger partial charge in [0.05, 0.1) is 19.7 Å². The molecule has 0 radical (unpaired) electrons. The van der Waals surface area contributed by atoms with Gasteiger partial charge in [0.15, 0.2) is 0 Å². The highest BCUT2D eigenvalue weighted by Crippen LogP contribution is 2.14. The average Bonchev–Trinajstić information content (AvgIpc) is 2.50. The Morgan fingerprint density at radius 1 is 1.20 bits per heavy atom. The number of likely N-dealkylation sites (tertiary alicyclic amines) is 1. The van der Waals surface area contributed by atoms with Crippen LogP contribution in [0.15, 0.2) is 24.3 Å². The van der Waals surface area contributed by atoms with Crippen molar-refractivity contribution in [3.8, 4) is 0 Å². The molecule has 0 aromatic heterocycles. The van der Waals surface area contributed by atoms with Gasteiger partial charge in [0.25, 0.3) is 0 Å². The Hall–Kier alpha value is -1.06. The molecule has 20 heavy (non-hydrogen) atoms. The normalized spacial score (nSPS) is 22.8. The Morgan fingerprint density at radius 3 is 2.50 bits per heavy atom. The van der Waals surface area contributed by atoms with E-state index in [0.717, 1.165) is 26.2 Å². The van der Waals surface area contributed by atoms with Crippen molar-refractivity contribution in [2.45, 2.75) is 33.2 Å². The molecule has 0 amide bonds. The Balaban J connectivity index is 1.93. The van der Waals surface area contributed by atoms with Crippen LogP contribution in [0.25, 0.3) is 0 Å². The summed E-state index contributed by atoms with van der Waals surface area (Å²) in [6.45, 7) is 10.3. The molecule has 0 aliphatic carbocycles.